The van der Waals surface area contributed by atoms with Crippen LogP contribution in [0.3, 0.4) is 0 Å². The zero-order chi connectivity index (χ0) is 30.8. The molecule has 222 valence electrons. The number of nitroso groups, excluding NO2 is 2. The van der Waals surface area contributed by atoms with Gasteiger partial charge >= 0.3 is 0 Å². The number of amides is 1. The van der Waals surface area contributed by atoms with Crippen molar-refractivity contribution < 1.29 is 34.1 Å². The zero-order valence-electron chi connectivity index (χ0n) is 23.2. The topological polar surface area (TPSA) is 210 Å². The first-order chi connectivity index (χ1) is 20.5. The molecule has 3 aliphatic carbocycles. The van der Waals surface area contributed by atoms with E-state index in [0.717, 1.165) is 5.56 Å². The molecule has 4 aliphatic rings. The molecule has 0 fully saturated rings. The summed E-state index contributed by atoms with van der Waals surface area (Å²) in [5.74, 6) is -4.50. The number of hydrogen-bond donors (Lipinski definition) is 4. The van der Waals surface area contributed by atoms with Gasteiger partial charge in [-0.25, -0.2) is 0 Å². The maximum atomic E-state index is 14.2. The van der Waals surface area contributed by atoms with Crippen LogP contribution in [0.15, 0.2) is 57.2 Å². The Bertz CT molecular complexity index is 1710. The third-order valence-corrected chi connectivity index (χ3v) is 8.63. The number of anilines is 2. The van der Waals surface area contributed by atoms with Crippen LogP contribution < -0.4 is 25.4 Å². The molecule has 0 bridgehead atoms. The Kier molecular flexibility index (Phi) is 6.53. The number of rotatable bonds is 7. The minimum absolute atomic E-state index is 0.0126. The number of primary amides is 1. The summed E-state index contributed by atoms with van der Waals surface area (Å²) in [7, 11) is 3.54. The number of nitrogens with two attached hydrogens (primary N) is 1. The van der Waals surface area contributed by atoms with Crippen LogP contribution in [0.2, 0.25) is 0 Å². The number of carbonyl (C=O) groups excluding carboxylic acids is 3. The van der Waals surface area contributed by atoms with Crippen LogP contribution in [0.25, 0.3) is 0 Å². The molecule has 1 heterocycles. The third kappa shape index (κ3) is 4.08. The fourth-order valence-electron chi connectivity index (χ4n) is 6.67. The van der Waals surface area contributed by atoms with Crippen LogP contribution in [-0.4, -0.2) is 54.2 Å². The average Bonchev–Trinajstić information content (AvgIpc) is 3.43. The number of Topliss-reactive ketones (excluding diaryl/α,β-unsaturated/α-hetero) is 2. The van der Waals surface area contributed by atoms with Crippen molar-refractivity contribution in [1.29, 1.82) is 0 Å². The number of carbonyl (C=O) groups is 3. The van der Waals surface area contributed by atoms with E-state index in [2.05, 4.69) is 15.7 Å². The van der Waals surface area contributed by atoms with Crippen molar-refractivity contribution in [2.24, 2.45) is 27.9 Å². The summed E-state index contributed by atoms with van der Waals surface area (Å²) in [5.41, 5.74) is 2.81. The van der Waals surface area contributed by atoms with E-state index < -0.39 is 58.4 Å². The molecular formula is C29H27N5O9. The summed E-state index contributed by atoms with van der Waals surface area (Å²) < 4.78 is 10.8. The van der Waals surface area contributed by atoms with Crippen molar-refractivity contribution in [1.82, 2.24) is 0 Å². The summed E-state index contributed by atoms with van der Waals surface area (Å²) in [4.78, 5) is 65.2. The first kappa shape index (κ1) is 28.0. The van der Waals surface area contributed by atoms with Gasteiger partial charge in [0.2, 0.25) is 6.79 Å². The quantitative estimate of drug-likeness (QED) is 0.272. The SMILES string of the molecule is CN(C)c1cc(NCc2ccc3c(c2)OCO3)c(N=O)c2c1C[C@H]1C[C@H]3CC(=O)C(C(N)=O)=C(O)[C@@]3(O)C(N=O)=C1C2=O. The van der Waals surface area contributed by atoms with Crippen LogP contribution in [0.4, 0.5) is 17.1 Å². The van der Waals surface area contributed by atoms with Gasteiger partial charge < -0.3 is 35.6 Å². The van der Waals surface area contributed by atoms with Gasteiger partial charge in [-0.05, 0) is 58.4 Å². The van der Waals surface area contributed by atoms with Gasteiger partial charge in [-0.3, -0.25) is 14.4 Å². The molecule has 1 aliphatic heterocycles. The van der Waals surface area contributed by atoms with Gasteiger partial charge in [-0.2, -0.15) is 0 Å². The van der Waals surface area contributed by atoms with Gasteiger partial charge in [0.15, 0.2) is 28.7 Å². The molecule has 6 rings (SSSR count). The zero-order valence-corrected chi connectivity index (χ0v) is 23.2. The van der Waals surface area contributed by atoms with Crippen molar-refractivity contribution in [3.8, 4) is 11.5 Å². The predicted molar refractivity (Wildman–Crippen MR) is 152 cm³/mol. The Labute approximate surface area is 244 Å². The number of benzene rings is 2. The van der Waals surface area contributed by atoms with Gasteiger partial charge in [0.1, 0.15) is 22.7 Å². The lowest BCUT2D eigenvalue weighted by atomic mass is 9.60. The molecule has 0 radical (unpaired) electrons. The third-order valence-electron chi connectivity index (χ3n) is 8.63. The molecule has 0 spiro atoms. The molecule has 14 heteroatoms. The monoisotopic (exact) mass is 589 g/mol. The highest BCUT2D eigenvalue weighted by Crippen LogP contribution is 2.55. The van der Waals surface area contributed by atoms with Crippen LogP contribution in [0.1, 0.15) is 34.3 Å². The minimum atomic E-state index is -2.59. The number of nitrogens with one attached hydrogen (secondary N) is 1. The van der Waals surface area contributed by atoms with Gasteiger partial charge in [0.25, 0.3) is 5.91 Å². The van der Waals surface area contributed by atoms with Gasteiger partial charge in [-0.1, -0.05) is 6.07 Å². The van der Waals surface area contributed by atoms with E-state index in [4.69, 9.17) is 15.2 Å². The molecule has 0 saturated heterocycles. The Morgan fingerprint density at radius 2 is 1.88 bits per heavy atom. The Morgan fingerprint density at radius 3 is 2.56 bits per heavy atom. The first-order valence-corrected chi connectivity index (χ1v) is 13.5. The molecule has 43 heavy (non-hydrogen) atoms. The summed E-state index contributed by atoms with van der Waals surface area (Å²) in [5, 5.41) is 31.9. The molecule has 0 unspecified atom stereocenters. The van der Waals surface area contributed by atoms with Crippen molar-refractivity contribution in [2.75, 3.05) is 31.1 Å². The Morgan fingerprint density at radius 1 is 1.14 bits per heavy atom. The smallest absolute Gasteiger partial charge is 0.255 e. The normalized spacial score (nSPS) is 23.8. The lowest BCUT2D eigenvalue weighted by molar-refractivity contribution is -0.126. The van der Waals surface area contributed by atoms with Gasteiger partial charge in [0, 0.05) is 44.2 Å². The second-order valence-corrected chi connectivity index (χ2v) is 11.2. The molecule has 3 atom stereocenters. The molecule has 5 N–H and O–H groups in total. The summed E-state index contributed by atoms with van der Waals surface area (Å²) in [6.45, 7) is 0.345. The number of aliphatic hydroxyl groups is 2. The average molecular weight is 590 g/mol. The number of aliphatic hydroxyl groups excluding tert-OH is 1. The maximum Gasteiger partial charge on any atom is 0.255 e. The van der Waals surface area contributed by atoms with Crippen molar-refractivity contribution >= 4 is 34.5 Å². The van der Waals surface area contributed by atoms with E-state index in [1.807, 2.05) is 6.07 Å². The fourth-order valence-corrected chi connectivity index (χ4v) is 6.67. The molecule has 1 amide bonds. The highest BCUT2D eigenvalue weighted by Gasteiger charge is 2.59. The maximum absolute atomic E-state index is 14.2. The number of allylic oxidation sites excluding steroid dienone is 1. The lowest BCUT2D eigenvalue weighted by Gasteiger charge is -2.46. The van der Waals surface area contributed by atoms with Crippen LogP contribution in [0.5, 0.6) is 11.5 Å². The van der Waals surface area contributed by atoms with E-state index in [1.165, 1.54) is 0 Å². The van der Waals surface area contributed by atoms with Crippen molar-refractivity contribution in [3.63, 3.8) is 0 Å². The van der Waals surface area contributed by atoms with Crippen LogP contribution >= 0.6 is 0 Å². The van der Waals surface area contributed by atoms with E-state index >= 15 is 0 Å². The van der Waals surface area contributed by atoms with Gasteiger partial charge in [-0.15, -0.1) is 9.81 Å². The second-order valence-electron chi connectivity index (χ2n) is 11.2. The highest BCUT2D eigenvalue weighted by atomic mass is 16.7. The number of hydrogen-bond acceptors (Lipinski definition) is 13. The molecule has 2 aromatic carbocycles. The summed E-state index contributed by atoms with van der Waals surface area (Å²) in [6.07, 6.45) is -0.229. The Balaban J connectivity index is 1.48. The first-order valence-electron chi connectivity index (χ1n) is 13.5. The number of fused-ring (bicyclic) bond motifs is 4. The second kappa shape index (κ2) is 10.0. The predicted octanol–water partition coefficient (Wildman–Crippen LogP) is 2.89. The van der Waals surface area contributed by atoms with Crippen molar-refractivity contribution in [2.45, 2.75) is 31.4 Å². The lowest BCUT2D eigenvalue weighted by Crippen LogP contribution is -2.53. The molecule has 2 aromatic rings. The van der Waals surface area contributed by atoms with E-state index in [9.17, 15) is 34.4 Å². The van der Waals surface area contributed by atoms with Crippen molar-refractivity contribution in [3.05, 3.63) is 73.4 Å². The molecule has 0 saturated carbocycles. The summed E-state index contributed by atoms with van der Waals surface area (Å²) >= 11 is 0. The molecule has 0 aromatic heterocycles. The van der Waals surface area contributed by atoms with E-state index in [0.29, 0.717) is 22.7 Å². The Hall–Kier alpha value is -5.11. The minimum Gasteiger partial charge on any atom is -0.508 e. The fraction of sp³-hybridized carbons (Fsp3) is 0.345. The standard InChI is InChI=1S/C29H27N5O9/c1-34(2)17-9-16(31-10-12-3-4-19-20(5-12)43-11-42-19)24(32-40)22-15(17)7-13-6-14-8-18(35)23(28(30)38)27(37)29(14,39)26(33-41)21(13)25(22)36/h3-5,9,13-14,31,37,39H,6-8,10-11H2,1-2H3,(H2,30,38)/t13-,14+,29+/m1/s1. The van der Waals surface area contributed by atoms with E-state index in [-0.39, 0.29) is 48.7 Å². The van der Waals surface area contributed by atoms with Gasteiger partial charge in [0.05, 0.1) is 11.3 Å². The number of ketones is 2. The van der Waals surface area contributed by atoms with Crippen LogP contribution in [-0.2, 0) is 22.6 Å². The molecular weight excluding hydrogens is 562 g/mol. The number of ether oxygens (including phenoxy) is 2. The molecule has 14 nitrogen and oxygen atoms in total. The largest absolute Gasteiger partial charge is 0.508 e. The summed E-state index contributed by atoms with van der Waals surface area (Å²) in [6, 6.07) is 7.07. The number of nitrogens with zero attached hydrogens (tertiary/aromatic N) is 3. The van der Waals surface area contributed by atoms with E-state index in [1.54, 1.807) is 37.2 Å². The highest BCUT2D eigenvalue weighted by molar-refractivity contribution is 6.21. The van der Waals surface area contributed by atoms with Crippen LogP contribution in [0, 0.1) is 21.6 Å².